The molecule has 0 aliphatic rings. The van der Waals surface area contributed by atoms with E-state index in [2.05, 4.69) is 33.0 Å². The normalized spacial score (nSPS) is 9.54. The molecule has 0 aromatic carbocycles. The van der Waals surface area contributed by atoms with Gasteiger partial charge in [0.2, 0.25) is 0 Å². The second kappa shape index (κ2) is 7.34. The van der Waals surface area contributed by atoms with Crippen LogP contribution in [-0.4, -0.2) is 38.0 Å². The van der Waals surface area contributed by atoms with Gasteiger partial charge in [-0.1, -0.05) is 5.92 Å². The van der Waals surface area contributed by atoms with Crippen molar-refractivity contribution in [3.8, 4) is 11.8 Å². The summed E-state index contributed by atoms with van der Waals surface area (Å²) in [6.45, 7) is 2.44. The van der Waals surface area contributed by atoms with Gasteiger partial charge in [0.25, 0.3) is 0 Å². The third-order valence-corrected chi connectivity index (χ3v) is 1.28. The third kappa shape index (κ3) is 14.7. The molecule has 0 aliphatic carbocycles. The minimum atomic E-state index is 0. The summed E-state index contributed by atoms with van der Waals surface area (Å²) in [7, 11) is 6.29. The maximum Gasteiger partial charge on any atom is 0.140 e. The van der Waals surface area contributed by atoms with Crippen LogP contribution in [0.15, 0.2) is 0 Å². The Kier molecular flexibility index (Phi) is 8.69. The Labute approximate surface area is 98.3 Å². The van der Waals surface area contributed by atoms with E-state index in [9.17, 15) is 4.79 Å². The summed E-state index contributed by atoms with van der Waals surface area (Å²) in [5, 5.41) is 0. The Bertz CT molecular complexity index is 207. The van der Waals surface area contributed by atoms with E-state index in [1.54, 1.807) is 6.92 Å². The van der Waals surface area contributed by atoms with E-state index in [0.29, 0.717) is 12.8 Å². The second-order valence-corrected chi connectivity index (χ2v) is 4.00. The molecule has 0 N–H and O–H groups in total. The molecule has 0 rings (SSSR count). The zero-order valence-electron chi connectivity index (χ0n) is 8.85. The van der Waals surface area contributed by atoms with Crippen molar-refractivity contribution in [2.45, 2.75) is 19.8 Å². The van der Waals surface area contributed by atoms with E-state index in [1.165, 1.54) is 0 Å². The molecule has 13 heavy (non-hydrogen) atoms. The number of nitrogens with zero attached hydrogens (tertiary/aromatic N) is 1. The van der Waals surface area contributed by atoms with Gasteiger partial charge in [-0.3, -0.25) is 4.79 Å². The van der Waals surface area contributed by atoms with E-state index < -0.39 is 0 Å². The second-order valence-electron chi connectivity index (χ2n) is 4.00. The summed E-state index contributed by atoms with van der Waals surface area (Å²) in [5.41, 5.74) is 0. The van der Waals surface area contributed by atoms with Crippen molar-refractivity contribution in [3.05, 3.63) is 0 Å². The van der Waals surface area contributed by atoms with Gasteiger partial charge in [-0.05, 0) is 12.8 Å². The Balaban J connectivity index is 0. The third-order valence-electron chi connectivity index (χ3n) is 1.28. The van der Waals surface area contributed by atoms with Gasteiger partial charge >= 0.3 is 0 Å². The number of rotatable bonds is 3. The molecule has 0 spiro atoms. The van der Waals surface area contributed by atoms with Crippen LogP contribution in [0.3, 0.4) is 0 Å². The first-order valence-electron chi connectivity index (χ1n) is 4.17. The van der Waals surface area contributed by atoms with Crippen molar-refractivity contribution in [1.82, 2.24) is 0 Å². The van der Waals surface area contributed by atoms with Crippen molar-refractivity contribution >= 4 is 5.78 Å². The number of carbonyl (C=O) groups is 1. The molecule has 0 heterocycles. The van der Waals surface area contributed by atoms with Crippen molar-refractivity contribution in [2.24, 2.45) is 0 Å². The van der Waals surface area contributed by atoms with Crippen LogP contribution in [0.4, 0.5) is 0 Å². The molecule has 0 aliphatic heterocycles. The molecule has 0 aromatic rings. The van der Waals surface area contributed by atoms with E-state index in [4.69, 9.17) is 0 Å². The largest absolute Gasteiger partial charge is 1.00 e. The maximum absolute atomic E-state index is 10.5. The van der Waals surface area contributed by atoms with Crippen LogP contribution in [0, 0.1) is 11.8 Å². The molecule has 76 valence electrons. The lowest BCUT2D eigenvalue weighted by Gasteiger charge is -2.19. The van der Waals surface area contributed by atoms with Crippen LogP contribution in [0.2, 0.25) is 0 Å². The summed E-state index contributed by atoms with van der Waals surface area (Å²) < 4.78 is 0.854. The molecule has 0 unspecified atom stereocenters. The number of hydrogen-bond donors (Lipinski definition) is 0. The van der Waals surface area contributed by atoms with Crippen LogP contribution in [0.5, 0.6) is 0 Å². The molecule has 0 aromatic heterocycles. The van der Waals surface area contributed by atoms with Crippen LogP contribution in [-0.2, 0) is 4.79 Å². The number of carbonyl (C=O) groups excluding carboxylic acids is 1. The lowest BCUT2D eigenvalue weighted by molar-refractivity contribution is -0.862. The highest BCUT2D eigenvalue weighted by Gasteiger charge is 2.01. The zero-order chi connectivity index (χ0) is 9.61. The van der Waals surface area contributed by atoms with E-state index >= 15 is 0 Å². The lowest BCUT2D eigenvalue weighted by Crippen LogP contribution is -3.00. The van der Waals surface area contributed by atoms with Crippen molar-refractivity contribution in [1.29, 1.82) is 0 Å². The molecule has 0 radical (unpaired) electrons. The average molecular weight is 295 g/mol. The Morgan fingerprint density at radius 2 is 1.77 bits per heavy atom. The number of ketones is 1. The number of hydrogen-bond acceptors (Lipinski definition) is 1. The molecule has 2 nitrogen and oxygen atoms in total. The lowest BCUT2D eigenvalue weighted by atomic mass is 10.2. The van der Waals surface area contributed by atoms with Crippen LogP contribution >= 0.6 is 0 Å². The quantitative estimate of drug-likeness (QED) is 0.337. The minimum Gasteiger partial charge on any atom is -1.00 e. The number of quaternary nitrogens is 1. The predicted octanol–water partition coefficient (Wildman–Crippen LogP) is -1.93. The van der Waals surface area contributed by atoms with Crippen molar-refractivity contribution < 1.29 is 33.3 Å². The van der Waals surface area contributed by atoms with Crippen molar-refractivity contribution in [3.63, 3.8) is 0 Å². The van der Waals surface area contributed by atoms with Gasteiger partial charge in [0, 0.05) is 12.8 Å². The molecule has 0 amide bonds. The molecule has 0 bridgehead atoms. The van der Waals surface area contributed by atoms with E-state index in [1.807, 2.05) is 0 Å². The summed E-state index contributed by atoms with van der Waals surface area (Å²) in [4.78, 5) is 10.5. The van der Waals surface area contributed by atoms with Gasteiger partial charge in [-0.15, -0.1) is 0 Å². The van der Waals surface area contributed by atoms with Crippen molar-refractivity contribution in [2.75, 3.05) is 27.7 Å². The summed E-state index contributed by atoms with van der Waals surface area (Å²) in [5.74, 6) is 6.25. The average Bonchev–Trinajstić information content (AvgIpc) is 1.83. The van der Waals surface area contributed by atoms with Gasteiger partial charge in [-0.25, -0.2) is 0 Å². The fourth-order valence-electron chi connectivity index (χ4n) is 0.620. The van der Waals surface area contributed by atoms with Gasteiger partial charge in [-0.2, -0.15) is 0 Å². The molecule has 0 fully saturated rings. The molecular weight excluding hydrogens is 277 g/mol. The summed E-state index contributed by atoms with van der Waals surface area (Å²) in [6.07, 6.45) is 1.29. The van der Waals surface area contributed by atoms with Gasteiger partial charge in [0.1, 0.15) is 12.3 Å². The number of halogens is 1. The number of Topliss-reactive ketones (excluding diaryl/α,β-unsaturated/α-hetero) is 1. The van der Waals surface area contributed by atoms with Crippen LogP contribution in [0.1, 0.15) is 19.8 Å². The zero-order valence-corrected chi connectivity index (χ0v) is 11.0. The molecular formula is C10H18INO. The standard InChI is InChI=1S/C10H18NO.HI/c1-10(12)8-6-5-7-9-11(2,3)4;/h6,8-9H2,1-4H3;1H/q+1;/p-1. The monoisotopic (exact) mass is 295 g/mol. The van der Waals surface area contributed by atoms with E-state index in [-0.39, 0.29) is 29.8 Å². The van der Waals surface area contributed by atoms with E-state index in [0.717, 1.165) is 11.0 Å². The highest BCUT2D eigenvalue weighted by molar-refractivity contribution is 5.75. The topological polar surface area (TPSA) is 17.1 Å². The fraction of sp³-hybridized carbons (Fsp3) is 0.700. The minimum absolute atomic E-state index is 0. The summed E-state index contributed by atoms with van der Waals surface area (Å²) >= 11 is 0. The Morgan fingerprint density at radius 3 is 2.15 bits per heavy atom. The smallest absolute Gasteiger partial charge is 0.140 e. The van der Waals surface area contributed by atoms with Gasteiger partial charge in [0.15, 0.2) is 0 Å². The van der Waals surface area contributed by atoms with Crippen LogP contribution in [0.25, 0.3) is 0 Å². The Morgan fingerprint density at radius 1 is 1.23 bits per heavy atom. The first kappa shape index (κ1) is 15.4. The summed E-state index contributed by atoms with van der Waals surface area (Å²) in [6, 6.07) is 0. The molecule has 0 saturated heterocycles. The highest BCUT2D eigenvalue weighted by atomic mass is 127. The first-order valence-corrected chi connectivity index (χ1v) is 4.17. The molecule has 0 atom stereocenters. The first-order chi connectivity index (χ1) is 5.42. The molecule has 0 saturated carbocycles. The maximum atomic E-state index is 10.5. The SMILES string of the molecule is CC(=O)CCC#CC[N+](C)(C)C.[I-]. The molecule has 3 heteroatoms. The predicted molar refractivity (Wildman–Crippen MR) is 50.6 cm³/mol. The van der Waals surface area contributed by atoms with Gasteiger partial charge in [0.05, 0.1) is 21.1 Å². The highest BCUT2D eigenvalue weighted by Crippen LogP contribution is 1.89. The van der Waals surface area contributed by atoms with Gasteiger partial charge < -0.3 is 28.5 Å². The fourth-order valence-corrected chi connectivity index (χ4v) is 0.620. The van der Waals surface area contributed by atoms with Crippen LogP contribution < -0.4 is 24.0 Å². The Hall–Kier alpha value is -0.0800.